The molecule has 5 nitrogen and oxygen atoms in total. The monoisotopic (exact) mass is 849 g/mol. The number of rotatable bonds is 13. The van der Waals surface area contributed by atoms with E-state index in [1.54, 1.807) is 0 Å². The van der Waals surface area contributed by atoms with E-state index in [1.165, 1.54) is 5.56 Å². The third-order valence-electron chi connectivity index (χ3n) is 12.5. The van der Waals surface area contributed by atoms with Crippen LogP contribution in [0, 0.1) is 6.92 Å². The minimum atomic E-state index is -0.118. The van der Waals surface area contributed by atoms with Crippen molar-refractivity contribution in [3.05, 3.63) is 228 Å². The van der Waals surface area contributed by atoms with E-state index in [4.69, 9.17) is 0 Å². The highest BCUT2D eigenvalue weighted by Gasteiger charge is 2.15. The highest BCUT2D eigenvalue weighted by molar-refractivity contribution is 5.82. The van der Waals surface area contributed by atoms with Gasteiger partial charge in [-0.1, -0.05) is 159 Å². The molecule has 0 atom stereocenters. The van der Waals surface area contributed by atoms with E-state index >= 15 is 0 Å². The number of hydrogen-bond acceptors (Lipinski definition) is 5. The Bertz CT molecular complexity index is 2900. The Labute approximate surface area is 381 Å². The molecule has 0 aromatic heterocycles. The molecule has 9 aromatic rings. The lowest BCUT2D eigenvalue weighted by molar-refractivity contribution is 0.260. The van der Waals surface area contributed by atoms with Crippen molar-refractivity contribution in [3.63, 3.8) is 0 Å². The van der Waals surface area contributed by atoms with Crippen molar-refractivity contribution in [1.29, 1.82) is 0 Å². The first-order valence-electron chi connectivity index (χ1n) is 22.1. The predicted molar refractivity (Wildman–Crippen MR) is 267 cm³/mol. The van der Waals surface area contributed by atoms with Crippen LogP contribution in [0.1, 0.15) is 34.7 Å². The molecule has 0 heterocycles. The summed E-state index contributed by atoms with van der Waals surface area (Å²) in [5.41, 5.74) is 20.6. The summed E-state index contributed by atoms with van der Waals surface area (Å²) in [4.78, 5) is 2.28. The van der Waals surface area contributed by atoms with Crippen LogP contribution < -0.4 is 4.90 Å². The second-order valence-corrected chi connectivity index (χ2v) is 16.5. The molecule has 9 rings (SSSR count). The Hall–Kier alpha value is -7.54. The maximum absolute atomic E-state index is 10.3. The normalized spacial score (nSPS) is 11.2. The molecule has 0 amide bonds. The van der Waals surface area contributed by atoms with Crippen LogP contribution in [0.4, 0.5) is 17.1 Å². The number of benzene rings is 9. The van der Waals surface area contributed by atoms with Crippen molar-refractivity contribution < 1.29 is 20.4 Å². The SMILES string of the molecule is CCc1cc(-c2ccc(-c3ccc(N(c4ccc(-c5ccc(-c6ccc(C)c(O)c6)cc5)cc4)c4ccc(-c5ccc(-c6ccc(CO)c(CO)c6)cc5)cc4)cc3)cc2)ccc1CO. The molecule has 0 spiro atoms. The molecular formula is C60H51NO4. The number of phenols is 1. The Morgan fingerprint density at radius 2 is 0.569 bits per heavy atom. The van der Waals surface area contributed by atoms with Gasteiger partial charge in [-0.05, 0) is 156 Å². The van der Waals surface area contributed by atoms with Crippen molar-refractivity contribution in [1.82, 2.24) is 0 Å². The number of aryl methyl sites for hydroxylation is 2. The summed E-state index contributed by atoms with van der Waals surface area (Å²) in [6.45, 7) is 3.85. The Morgan fingerprint density at radius 1 is 0.308 bits per heavy atom. The summed E-state index contributed by atoms with van der Waals surface area (Å²) in [7, 11) is 0. The summed E-state index contributed by atoms with van der Waals surface area (Å²) in [5.74, 6) is 0.299. The zero-order valence-electron chi connectivity index (χ0n) is 36.6. The molecule has 0 radical (unpaired) electrons. The zero-order chi connectivity index (χ0) is 44.9. The fourth-order valence-corrected chi connectivity index (χ4v) is 8.61. The van der Waals surface area contributed by atoms with Crippen molar-refractivity contribution in [2.75, 3.05) is 4.90 Å². The molecule has 0 aliphatic carbocycles. The van der Waals surface area contributed by atoms with Crippen molar-refractivity contribution in [3.8, 4) is 72.5 Å². The van der Waals surface area contributed by atoms with E-state index in [9.17, 15) is 20.4 Å². The fourth-order valence-electron chi connectivity index (χ4n) is 8.61. The van der Waals surface area contributed by atoms with Crippen LogP contribution in [-0.2, 0) is 26.2 Å². The molecule has 0 saturated heterocycles. The van der Waals surface area contributed by atoms with Gasteiger partial charge in [0.25, 0.3) is 0 Å². The van der Waals surface area contributed by atoms with Crippen LogP contribution in [-0.4, -0.2) is 20.4 Å². The van der Waals surface area contributed by atoms with Gasteiger partial charge >= 0.3 is 0 Å². The molecule has 320 valence electrons. The van der Waals surface area contributed by atoms with Gasteiger partial charge in [-0.2, -0.15) is 0 Å². The van der Waals surface area contributed by atoms with Crippen LogP contribution in [0.25, 0.3) is 66.8 Å². The summed E-state index contributed by atoms with van der Waals surface area (Å²) < 4.78 is 0. The van der Waals surface area contributed by atoms with Crippen molar-refractivity contribution in [2.45, 2.75) is 40.1 Å². The molecule has 65 heavy (non-hydrogen) atoms. The minimum Gasteiger partial charge on any atom is -0.508 e. The molecular weight excluding hydrogens is 799 g/mol. The number of aliphatic hydroxyl groups is 3. The van der Waals surface area contributed by atoms with Gasteiger partial charge in [0.15, 0.2) is 0 Å². The third kappa shape index (κ3) is 9.13. The van der Waals surface area contributed by atoms with E-state index in [0.717, 1.165) is 112 Å². The number of aromatic hydroxyl groups is 1. The average molecular weight is 850 g/mol. The van der Waals surface area contributed by atoms with Gasteiger partial charge in [0.2, 0.25) is 0 Å². The molecule has 0 saturated carbocycles. The van der Waals surface area contributed by atoms with Crippen LogP contribution in [0.15, 0.2) is 200 Å². The summed E-state index contributed by atoms with van der Waals surface area (Å²) in [5, 5.41) is 39.5. The maximum atomic E-state index is 10.3. The molecule has 9 aromatic carbocycles. The number of phenolic OH excluding ortho intramolecular Hbond substituents is 1. The first-order valence-corrected chi connectivity index (χ1v) is 22.1. The highest BCUT2D eigenvalue weighted by atomic mass is 16.3. The van der Waals surface area contributed by atoms with E-state index in [0.29, 0.717) is 5.75 Å². The van der Waals surface area contributed by atoms with Crippen molar-refractivity contribution >= 4 is 17.1 Å². The smallest absolute Gasteiger partial charge is 0.119 e. The number of anilines is 3. The van der Waals surface area contributed by atoms with Crippen LogP contribution in [0.3, 0.4) is 0 Å². The number of aliphatic hydroxyl groups excluding tert-OH is 3. The van der Waals surface area contributed by atoms with Gasteiger partial charge in [-0.25, -0.2) is 0 Å². The Balaban J connectivity index is 1.00. The molecule has 0 fully saturated rings. The second-order valence-electron chi connectivity index (χ2n) is 16.5. The summed E-state index contributed by atoms with van der Waals surface area (Å²) in [6, 6.07) is 69.6. The first kappa shape index (κ1) is 42.7. The first-order chi connectivity index (χ1) is 31.8. The Kier molecular flexibility index (Phi) is 12.5. The van der Waals surface area contributed by atoms with Gasteiger partial charge in [-0.3, -0.25) is 0 Å². The van der Waals surface area contributed by atoms with E-state index in [2.05, 4.69) is 170 Å². The van der Waals surface area contributed by atoms with Gasteiger partial charge in [0.05, 0.1) is 19.8 Å². The summed E-state index contributed by atoms with van der Waals surface area (Å²) >= 11 is 0. The van der Waals surface area contributed by atoms with E-state index < -0.39 is 0 Å². The van der Waals surface area contributed by atoms with Crippen LogP contribution in [0.2, 0.25) is 0 Å². The molecule has 0 aliphatic heterocycles. The average Bonchev–Trinajstić information content (AvgIpc) is 3.37. The Morgan fingerprint density at radius 3 is 0.892 bits per heavy atom. The molecule has 5 heteroatoms. The zero-order valence-corrected chi connectivity index (χ0v) is 36.6. The lowest BCUT2D eigenvalue weighted by Gasteiger charge is -2.26. The minimum absolute atomic E-state index is 0.0526. The summed E-state index contributed by atoms with van der Waals surface area (Å²) in [6.07, 6.45) is 0.876. The van der Waals surface area contributed by atoms with Crippen LogP contribution in [0.5, 0.6) is 5.75 Å². The molecule has 0 bridgehead atoms. The number of nitrogens with zero attached hydrogens (tertiary/aromatic N) is 1. The predicted octanol–water partition coefficient (Wildman–Crippen LogP) is 14.2. The molecule has 4 N–H and O–H groups in total. The largest absolute Gasteiger partial charge is 0.508 e. The van der Waals surface area contributed by atoms with Crippen LogP contribution >= 0.6 is 0 Å². The lowest BCUT2D eigenvalue weighted by atomic mass is 9.96. The quantitative estimate of drug-likeness (QED) is 0.0929. The van der Waals surface area contributed by atoms with Gasteiger partial charge in [0, 0.05) is 17.1 Å². The van der Waals surface area contributed by atoms with Gasteiger partial charge < -0.3 is 25.3 Å². The fraction of sp³-hybridized carbons (Fsp3) is 0.100. The van der Waals surface area contributed by atoms with E-state index in [-0.39, 0.29) is 19.8 Å². The molecule has 0 aliphatic rings. The van der Waals surface area contributed by atoms with E-state index in [1.807, 2.05) is 49.4 Å². The van der Waals surface area contributed by atoms with Crippen molar-refractivity contribution in [2.24, 2.45) is 0 Å². The number of hydrogen-bond donors (Lipinski definition) is 4. The molecule has 0 unspecified atom stereocenters. The highest BCUT2D eigenvalue weighted by Crippen LogP contribution is 2.39. The topological polar surface area (TPSA) is 84.2 Å². The van der Waals surface area contributed by atoms with Gasteiger partial charge in [0.1, 0.15) is 5.75 Å². The third-order valence-corrected chi connectivity index (χ3v) is 12.5. The standard InChI is InChI=1S/C60H51NO4/c1-3-41-34-51(18-20-54(41)37-62)48-12-6-42(7-13-48)45-22-28-57(29-23-45)61(59-32-26-47(27-33-59)44-10-16-50(17-11-44)53-5-4-40(2)60(65)36-53)58-30-24-46(25-31-58)43-8-14-49(15-9-43)52-19-21-55(38-63)56(35-52)39-64/h4-36,62-65H,3,37-39H2,1-2H3. The maximum Gasteiger partial charge on any atom is 0.119 e. The second kappa shape index (κ2) is 19.1. The lowest BCUT2D eigenvalue weighted by Crippen LogP contribution is -2.09. The van der Waals surface area contributed by atoms with Gasteiger partial charge in [-0.15, -0.1) is 0 Å².